The standard InChI is InChI=1S/C16H22BrN3O/c1-3-6-18-12-14-11-15(17)4-5-16(14)21-10-9-20-8-7-19-13(20)2/h4-5,7-8,11,18H,3,6,9-10,12H2,1-2H3. The molecule has 2 rings (SSSR count). The molecule has 114 valence electrons. The van der Waals surface area contributed by atoms with Crippen LogP contribution in [0.2, 0.25) is 0 Å². The van der Waals surface area contributed by atoms with Crippen LogP contribution in [0.3, 0.4) is 0 Å². The summed E-state index contributed by atoms with van der Waals surface area (Å²) in [7, 11) is 0. The van der Waals surface area contributed by atoms with Gasteiger partial charge < -0.3 is 14.6 Å². The van der Waals surface area contributed by atoms with Crippen LogP contribution in [0.1, 0.15) is 24.7 Å². The minimum absolute atomic E-state index is 0.639. The summed E-state index contributed by atoms with van der Waals surface area (Å²) in [6, 6.07) is 6.15. The van der Waals surface area contributed by atoms with Crippen LogP contribution in [-0.4, -0.2) is 22.7 Å². The van der Waals surface area contributed by atoms with Gasteiger partial charge in [0, 0.05) is 29.0 Å². The molecule has 4 nitrogen and oxygen atoms in total. The first-order chi connectivity index (χ1) is 10.2. The Labute approximate surface area is 134 Å². The molecule has 0 spiro atoms. The predicted octanol–water partition coefficient (Wildman–Crippen LogP) is 3.53. The van der Waals surface area contributed by atoms with E-state index in [9.17, 15) is 0 Å². The molecule has 0 aliphatic heterocycles. The van der Waals surface area contributed by atoms with E-state index in [4.69, 9.17) is 4.74 Å². The molecule has 0 atom stereocenters. The third-order valence-corrected chi connectivity index (χ3v) is 3.77. The van der Waals surface area contributed by atoms with Gasteiger partial charge in [-0.15, -0.1) is 0 Å². The zero-order valence-electron chi connectivity index (χ0n) is 12.6. The molecule has 1 aromatic heterocycles. The van der Waals surface area contributed by atoms with E-state index in [1.807, 2.05) is 31.5 Å². The molecule has 21 heavy (non-hydrogen) atoms. The molecular formula is C16H22BrN3O. The summed E-state index contributed by atoms with van der Waals surface area (Å²) >= 11 is 3.52. The van der Waals surface area contributed by atoms with Crippen LogP contribution in [0.15, 0.2) is 35.1 Å². The summed E-state index contributed by atoms with van der Waals surface area (Å²) in [5.41, 5.74) is 1.18. The first-order valence-corrected chi connectivity index (χ1v) is 8.09. The van der Waals surface area contributed by atoms with Gasteiger partial charge in [0.1, 0.15) is 18.2 Å². The van der Waals surface area contributed by atoms with E-state index in [1.54, 1.807) is 0 Å². The molecule has 0 amide bonds. The van der Waals surface area contributed by atoms with Gasteiger partial charge in [-0.2, -0.15) is 0 Å². The highest BCUT2D eigenvalue weighted by molar-refractivity contribution is 9.10. The van der Waals surface area contributed by atoms with Gasteiger partial charge in [-0.25, -0.2) is 4.98 Å². The number of hydrogen-bond donors (Lipinski definition) is 1. The Balaban J connectivity index is 1.93. The van der Waals surface area contributed by atoms with Crippen molar-refractivity contribution in [1.29, 1.82) is 0 Å². The normalized spacial score (nSPS) is 10.8. The Kier molecular flexibility index (Phi) is 6.26. The fourth-order valence-electron chi connectivity index (χ4n) is 2.12. The van der Waals surface area contributed by atoms with Crippen molar-refractivity contribution in [3.8, 4) is 5.75 Å². The Morgan fingerprint density at radius 3 is 2.95 bits per heavy atom. The minimum atomic E-state index is 0.639. The van der Waals surface area contributed by atoms with Gasteiger partial charge in [-0.1, -0.05) is 22.9 Å². The summed E-state index contributed by atoms with van der Waals surface area (Å²) in [4.78, 5) is 4.21. The molecular weight excluding hydrogens is 330 g/mol. The van der Waals surface area contributed by atoms with Crippen molar-refractivity contribution < 1.29 is 4.74 Å². The van der Waals surface area contributed by atoms with Crippen LogP contribution < -0.4 is 10.1 Å². The van der Waals surface area contributed by atoms with Crippen LogP contribution in [0, 0.1) is 6.92 Å². The number of halogens is 1. The Bertz CT molecular complexity index is 568. The maximum absolute atomic E-state index is 5.94. The van der Waals surface area contributed by atoms with Gasteiger partial charge in [0.15, 0.2) is 0 Å². The Hall–Kier alpha value is -1.33. The molecule has 0 fully saturated rings. The fourth-order valence-corrected chi connectivity index (χ4v) is 2.53. The molecule has 1 aromatic carbocycles. The number of nitrogens with one attached hydrogen (secondary N) is 1. The molecule has 1 N–H and O–H groups in total. The summed E-state index contributed by atoms with van der Waals surface area (Å²) < 4.78 is 9.11. The SMILES string of the molecule is CCCNCc1cc(Br)ccc1OCCn1ccnc1C. The second-order valence-electron chi connectivity index (χ2n) is 4.95. The third kappa shape index (κ3) is 4.86. The highest BCUT2D eigenvalue weighted by Gasteiger charge is 2.05. The fraction of sp³-hybridized carbons (Fsp3) is 0.438. The van der Waals surface area contributed by atoms with Crippen molar-refractivity contribution >= 4 is 15.9 Å². The number of ether oxygens (including phenoxy) is 1. The molecule has 0 aliphatic rings. The number of nitrogens with zero attached hydrogens (tertiary/aromatic N) is 2. The molecule has 0 saturated carbocycles. The number of aryl methyl sites for hydroxylation is 1. The van der Waals surface area contributed by atoms with Crippen LogP contribution >= 0.6 is 15.9 Å². The number of rotatable bonds is 8. The van der Waals surface area contributed by atoms with E-state index in [-0.39, 0.29) is 0 Å². The van der Waals surface area contributed by atoms with E-state index < -0.39 is 0 Å². The van der Waals surface area contributed by atoms with Crippen molar-refractivity contribution in [2.24, 2.45) is 0 Å². The van der Waals surface area contributed by atoms with E-state index >= 15 is 0 Å². The first kappa shape index (κ1) is 16.0. The molecule has 0 aliphatic carbocycles. The zero-order valence-corrected chi connectivity index (χ0v) is 14.2. The number of benzene rings is 1. The molecule has 0 bridgehead atoms. The number of hydrogen-bond acceptors (Lipinski definition) is 3. The van der Waals surface area contributed by atoms with Crippen molar-refractivity contribution in [1.82, 2.24) is 14.9 Å². The lowest BCUT2D eigenvalue weighted by atomic mass is 10.2. The quantitative estimate of drug-likeness (QED) is 0.739. The van der Waals surface area contributed by atoms with Crippen LogP contribution in [0.4, 0.5) is 0 Å². The van der Waals surface area contributed by atoms with Crippen molar-refractivity contribution in [3.63, 3.8) is 0 Å². The van der Waals surface area contributed by atoms with E-state index in [2.05, 4.69) is 43.8 Å². The second kappa shape index (κ2) is 8.20. The maximum atomic E-state index is 5.94. The highest BCUT2D eigenvalue weighted by atomic mass is 79.9. The number of imidazole rings is 1. The molecule has 1 heterocycles. The van der Waals surface area contributed by atoms with Crippen molar-refractivity contribution in [3.05, 3.63) is 46.5 Å². The summed E-state index contributed by atoms with van der Waals surface area (Å²) in [5.74, 6) is 1.96. The van der Waals surface area contributed by atoms with Gasteiger partial charge in [0.05, 0.1) is 6.54 Å². The lowest BCUT2D eigenvalue weighted by Crippen LogP contribution is -2.15. The second-order valence-corrected chi connectivity index (χ2v) is 5.86. The van der Waals surface area contributed by atoms with E-state index in [1.165, 1.54) is 5.56 Å². The zero-order chi connectivity index (χ0) is 15.1. The Morgan fingerprint density at radius 2 is 2.24 bits per heavy atom. The predicted molar refractivity (Wildman–Crippen MR) is 88.6 cm³/mol. The lowest BCUT2D eigenvalue weighted by molar-refractivity contribution is 0.293. The monoisotopic (exact) mass is 351 g/mol. The van der Waals surface area contributed by atoms with E-state index in [0.717, 1.165) is 42.1 Å². The average Bonchev–Trinajstić information content (AvgIpc) is 2.87. The Morgan fingerprint density at radius 1 is 1.38 bits per heavy atom. The maximum Gasteiger partial charge on any atom is 0.123 e. The van der Waals surface area contributed by atoms with Gasteiger partial charge in [0.2, 0.25) is 0 Å². The van der Waals surface area contributed by atoms with Gasteiger partial charge >= 0.3 is 0 Å². The van der Waals surface area contributed by atoms with Crippen LogP contribution in [0.25, 0.3) is 0 Å². The molecule has 0 saturated heterocycles. The highest BCUT2D eigenvalue weighted by Crippen LogP contribution is 2.23. The van der Waals surface area contributed by atoms with Crippen molar-refractivity contribution in [2.45, 2.75) is 33.4 Å². The van der Waals surface area contributed by atoms with Gasteiger partial charge in [0.25, 0.3) is 0 Å². The van der Waals surface area contributed by atoms with Crippen LogP contribution in [-0.2, 0) is 13.1 Å². The molecule has 2 aromatic rings. The summed E-state index contributed by atoms with van der Waals surface area (Å²) in [6.45, 7) is 7.45. The van der Waals surface area contributed by atoms with E-state index in [0.29, 0.717) is 6.61 Å². The smallest absolute Gasteiger partial charge is 0.123 e. The molecule has 5 heteroatoms. The lowest BCUT2D eigenvalue weighted by Gasteiger charge is -2.13. The number of aromatic nitrogens is 2. The summed E-state index contributed by atoms with van der Waals surface area (Å²) in [6.07, 6.45) is 4.92. The average molecular weight is 352 g/mol. The largest absolute Gasteiger partial charge is 0.491 e. The van der Waals surface area contributed by atoms with Gasteiger partial charge in [-0.3, -0.25) is 0 Å². The minimum Gasteiger partial charge on any atom is -0.491 e. The molecule has 0 unspecified atom stereocenters. The first-order valence-electron chi connectivity index (χ1n) is 7.30. The topological polar surface area (TPSA) is 39.1 Å². The van der Waals surface area contributed by atoms with Gasteiger partial charge in [-0.05, 0) is 38.1 Å². The summed E-state index contributed by atoms with van der Waals surface area (Å²) in [5, 5.41) is 3.42. The van der Waals surface area contributed by atoms with Crippen molar-refractivity contribution in [2.75, 3.05) is 13.2 Å². The third-order valence-electron chi connectivity index (χ3n) is 3.28. The molecule has 0 radical (unpaired) electrons. The van der Waals surface area contributed by atoms with Crippen LogP contribution in [0.5, 0.6) is 5.75 Å².